The van der Waals surface area contributed by atoms with E-state index >= 15 is 0 Å². The van der Waals surface area contributed by atoms with E-state index in [0.29, 0.717) is 17.9 Å². The number of carbonyl (C=O) groups is 1. The van der Waals surface area contributed by atoms with Crippen LogP contribution in [0.4, 0.5) is 0 Å². The van der Waals surface area contributed by atoms with Crippen LogP contribution in [-0.4, -0.2) is 23.2 Å². The van der Waals surface area contributed by atoms with Crippen molar-refractivity contribution < 1.29 is 9.90 Å². The Morgan fingerprint density at radius 3 is 2.50 bits per heavy atom. The highest BCUT2D eigenvalue weighted by molar-refractivity contribution is 5.87. The second-order valence-electron chi connectivity index (χ2n) is 4.60. The van der Waals surface area contributed by atoms with E-state index in [-0.39, 0.29) is 18.0 Å². The second-order valence-corrected chi connectivity index (χ2v) is 4.60. The molecule has 0 radical (unpaired) electrons. The van der Waals surface area contributed by atoms with Gasteiger partial charge in [0.05, 0.1) is 0 Å². The molecule has 4 nitrogen and oxygen atoms in total. The number of hydrogen-bond acceptors (Lipinski definition) is 3. The van der Waals surface area contributed by atoms with Crippen molar-refractivity contribution in [2.75, 3.05) is 0 Å². The van der Waals surface area contributed by atoms with E-state index in [4.69, 9.17) is 16.6 Å². The summed E-state index contributed by atoms with van der Waals surface area (Å²) in [6.07, 6.45) is 4.22. The fourth-order valence-electron chi connectivity index (χ4n) is 2.52. The monoisotopic (exact) mass is 226 g/mol. The van der Waals surface area contributed by atoms with Crippen LogP contribution in [0.2, 0.25) is 0 Å². The highest BCUT2D eigenvalue weighted by Gasteiger charge is 2.34. The van der Waals surface area contributed by atoms with Crippen LogP contribution in [0, 0.1) is 11.8 Å². The molecule has 0 amide bonds. The van der Waals surface area contributed by atoms with Crippen molar-refractivity contribution >= 4 is 5.97 Å². The lowest BCUT2D eigenvalue weighted by molar-refractivity contribution is -0.132. The molecule has 0 spiro atoms. The molecule has 4 heteroatoms. The van der Waals surface area contributed by atoms with E-state index in [1.54, 1.807) is 6.08 Å². The van der Waals surface area contributed by atoms with Crippen molar-refractivity contribution in [3.63, 3.8) is 0 Å². The predicted octanol–water partition coefficient (Wildman–Crippen LogP) is 1.11. The first-order chi connectivity index (χ1) is 7.51. The fraction of sp³-hybridized carbons (Fsp3) is 0.750. The molecule has 1 rings (SSSR count). The summed E-state index contributed by atoms with van der Waals surface area (Å²) < 4.78 is 0. The Bertz CT molecular complexity index is 285. The lowest BCUT2D eigenvalue weighted by Crippen LogP contribution is -2.43. The number of nitrogens with two attached hydrogens (primary N) is 2. The third-order valence-electron chi connectivity index (χ3n) is 3.66. The van der Waals surface area contributed by atoms with Crippen molar-refractivity contribution in [1.29, 1.82) is 0 Å². The minimum atomic E-state index is -0.866. The molecule has 1 unspecified atom stereocenters. The highest BCUT2D eigenvalue weighted by atomic mass is 16.4. The van der Waals surface area contributed by atoms with Crippen molar-refractivity contribution in [3.8, 4) is 0 Å². The van der Waals surface area contributed by atoms with Crippen LogP contribution in [0.25, 0.3) is 0 Å². The number of carboxylic acid groups (broad SMARTS) is 1. The molecule has 5 N–H and O–H groups in total. The molecule has 0 bridgehead atoms. The average Bonchev–Trinajstić information content (AvgIpc) is 2.62. The number of hydrogen-bond donors (Lipinski definition) is 3. The first-order valence-corrected chi connectivity index (χ1v) is 5.96. The molecular weight excluding hydrogens is 204 g/mol. The molecule has 92 valence electrons. The molecule has 0 aliphatic heterocycles. The minimum absolute atomic E-state index is 0.0102. The van der Waals surface area contributed by atoms with E-state index in [0.717, 1.165) is 12.8 Å². The van der Waals surface area contributed by atoms with Gasteiger partial charge in [0.1, 0.15) is 0 Å². The van der Waals surface area contributed by atoms with E-state index in [2.05, 4.69) is 13.8 Å². The van der Waals surface area contributed by atoms with Gasteiger partial charge in [-0.3, -0.25) is 0 Å². The standard InChI is InChI=1S/C12H22N2O2/c1-3-7(4-2)11(14)9-5-8(12(15)16)6-10(9)13/h5,7,9-11H,3-4,6,13-14H2,1-2H3,(H,15,16)/t9-,10-,11?/m1/s1. The summed E-state index contributed by atoms with van der Waals surface area (Å²) >= 11 is 0. The zero-order valence-electron chi connectivity index (χ0n) is 10.0. The van der Waals surface area contributed by atoms with Gasteiger partial charge in [-0.05, 0) is 12.3 Å². The van der Waals surface area contributed by atoms with Gasteiger partial charge in [-0.1, -0.05) is 32.8 Å². The zero-order valence-corrected chi connectivity index (χ0v) is 10.0. The lowest BCUT2D eigenvalue weighted by atomic mass is 9.83. The van der Waals surface area contributed by atoms with Gasteiger partial charge in [-0.25, -0.2) is 4.79 Å². The SMILES string of the molecule is CCC(CC)C(N)[C@@H]1C=C(C(=O)O)C[C@H]1N. The molecule has 16 heavy (non-hydrogen) atoms. The summed E-state index contributed by atoms with van der Waals surface area (Å²) in [4.78, 5) is 10.9. The summed E-state index contributed by atoms with van der Waals surface area (Å²) in [6, 6.07) is -0.163. The van der Waals surface area contributed by atoms with Crippen molar-refractivity contribution in [3.05, 3.63) is 11.6 Å². The first kappa shape index (κ1) is 13.2. The summed E-state index contributed by atoms with van der Waals surface area (Å²) in [5.74, 6) is -0.439. The van der Waals surface area contributed by atoms with Gasteiger partial charge in [-0.2, -0.15) is 0 Å². The predicted molar refractivity (Wildman–Crippen MR) is 63.8 cm³/mol. The summed E-state index contributed by atoms with van der Waals surface area (Å²) in [6.45, 7) is 4.21. The normalized spacial score (nSPS) is 26.9. The van der Waals surface area contributed by atoms with Gasteiger partial charge >= 0.3 is 5.97 Å². The van der Waals surface area contributed by atoms with E-state index < -0.39 is 5.97 Å². The largest absolute Gasteiger partial charge is 0.478 e. The van der Waals surface area contributed by atoms with Gasteiger partial charge in [-0.15, -0.1) is 0 Å². The maximum absolute atomic E-state index is 10.9. The fourth-order valence-corrected chi connectivity index (χ4v) is 2.52. The van der Waals surface area contributed by atoms with Crippen LogP contribution < -0.4 is 11.5 Å². The molecule has 3 atom stereocenters. The highest BCUT2D eigenvalue weighted by Crippen LogP contribution is 2.30. The topological polar surface area (TPSA) is 89.3 Å². The quantitative estimate of drug-likeness (QED) is 0.655. The van der Waals surface area contributed by atoms with Crippen LogP contribution in [0.15, 0.2) is 11.6 Å². The van der Waals surface area contributed by atoms with Crippen molar-refractivity contribution in [2.24, 2.45) is 23.3 Å². The van der Waals surface area contributed by atoms with Gasteiger partial charge < -0.3 is 16.6 Å². The summed E-state index contributed by atoms with van der Waals surface area (Å²) in [7, 11) is 0. The summed E-state index contributed by atoms with van der Waals surface area (Å²) in [5.41, 5.74) is 12.6. The Balaban J connectivity index is 2.76. The molecule has 0 saturated heterocycles. The molecular formula is C12H22N2O2. The van der Waals surface area contributed by atoms with Gasteiger partial charge in [0.15, 0.2) is 0 Å². The van der Waals surface area contributed by atoms with Crippen LogP contribution in [0.1, 0.15) is 33.1 Å². The summed E-state index contributed by atoms with van der Waals surface area (Å²) in [5, 5.41) is 8.92. The van der Waals surface area contributed by atoms with Crippen LogP contribution in [-0.2, 0) is 4.79 Å². The van der Waals surface area contributed by atoms with Gasteiger partial charge in [0.25, 0.3) is 0 Å². The maximum atomic E-state index is 10.9. The second kappa shape index (κ2) is 5.46. The number of carboxylic acids is 1. The lowest BCUT2D eigenvalue weighted by Gasteiger charge is -2.28. The van der Waals surface area contributed by atoms with Crippen LogP contribution in [0.3, 0.4) is 0 Å². The molecule has 1 aliphatic rings. The Morgan fingerprint density at radius 1 is 1.56 bits per heavy atom. The zero-order chi connectivity index (χ0) is 12.3. The number of aliphatic carboxylic acids is 1. The Kier molecular flexibility index (Phi) is 4.50. The molecule has 0 aromatic rings. The average molecular weight is 226 g/mol. The molecule has 0 aromatic heterocycles. The Labute approximate surface area is 96.7 Å². The van der Waals surface area contributed by atoms with E-state index in [1.165, 1.54) is 0 Å². The van der Waals surface area contributed by atoms with E-state index in [9.17, 15) is 4.79 Å². The third kappa shape index (κ3) is 2.62. The smallest absolute Gasteiger partial charge is 0.331 e. The van der Waals surface area contributed by atoms with Crippen molar-refractivity contribution in [1.82, 2.24) is 0 Å². The molecule has 0 saturated carbocycles. The van der Waals surface area contributed by atoms with Gasteiger partial charge in [0, 0.05) is 23.6 Å². The van der Waals surface area contributed by atoms with Crippen molar-refractivity contribution in [2.45, 2.75) is 45.2 Å². The Morgan fingerprint density at radius 2 is 2.12 bits per heavy atom. The van der Waals surface area contributed by atoms with Crippen LogP contribution in [0.5, 0.6) is 0 Å². The molecule has 1 aliphatic carbocycles. The molecule has 0 fully saturated rings. The Hall–Kier alpha value is -0.870. The maximum Gasteiger partial charge on any atom is 0.331 e. The van der Waals surface area contributed by atoms with Crippen LogP contribution >= 0.6 is 0 Å². The minimum Gasteiger partial charge on any atom is -0.478 e. The van der Waals surface area contributed by atoms with Gasteiger partial charge in [0.2, 0.25) is 0 Å². The molecule has 0 heterocycles. The first-order valence-electron chi connectivity index (χ1n) is 5.96. The van der Waals surface area contributed by atoms with E-state index in [1.807, 2.05) is 0 Å². The third-order valence-corrected chi connectivity index (χ3v) is 3.66. The number of rotatable bonds is 5. The molecule has 0 aromatic carbocycles.